The van der Waals surface area contributed by atoms with E-state index < -0.39 is 49.5 Å². The van der Waals surface area contributed by atoms with E-state index in [9.17, 15) is 30.3 Å². The molecule has 0 aromatic rings. The van der Waals surface area contributed by atoms with Gasteiger partial charge in [-0.15, -0.1) is 0 Å². The van der Waals surface area contributed by atoms with Gasteiger partial charge in [0.25, 0.3) is 0 Å². The van der Waals surface area contributed by atoms with Gasteiger partial charge in [-0.1, -0.05) is 193 Å². The first-order valence-corrected chi connectivity index (χ1v) is 25.8. The van der Waals surface area contributed by atoms with Crippen molar-refractivity contribution in [1.82, 2.24) is 5.32 Å². The molecule has 66 heavy (non-hydrogen) atoms. The van der Waals surface area contributed by atoms with Gasteiger partial charge in [0.1, 0.15) is 24.4 Å². The maximum Gasteiger partial charge on any atom is 0.220 e. The number of aliphatic hydroxyl groups is 5. The molecule has 7 unspecified atom stereocenters. The molecular formula is C57H93NO8. The van der Waals surface area contributed by atoms with Gasteiger partial charge in [0, 0.05) is 6.42 Å². The number of unbranched alkanes of at least 4 members (excludes halogenated alkanes) is 13. The largest absolute Gasteiger partial charge is 0.394 e. The topological polar surface area (TPSA) is 149 Å². The van der Waals surface area contributed by atoms with Gasteiger partial charge >= 0.3 is 0 Å². The Kier molecular flexibility index (Phi) is 41.7. The first kappa shape index (κ1) is 60.6. The average Bonchev–Trinajstić information content (AvgIpc) is 3.32. The zero-order valence-corrected chi connectivity index (χ0v) is 41.1. The van der Waals surface area contributed by atoms with Crippen LogP contribution in [0.5, 0.6) is 0 Å². The number of nitrogens with one attached hydrogen (secondary N) is 1. The summed E-state index contributed by atoms with van der Waals surface area (Å²) in [7, 11) is 0. The lowest BCUT2D eigenvalue weighted by Crippen LogP contribution is -2.60. The van der Waals surface area contributed by atoms with Crippen molar-refractivity contribution in [2.75, 3.05) is 13.2 Å². The van der Waals surface area contributed by atoms with Crippen LogP contribution in [0.15, 0.2) is 122 Å². The molecule has 0 radical (unpaired) electrons. The number of carbonyl (C=O) groups is 1. The van der Waals surface area contributed by atoms with E-state index in [0.717, 1.165) is 83.5 Å². The monoisotopic (exact) mass is 920 g/mol. The van der Waals surface area contributed by atoms with Gasteiger partial charge < -0.3 is 40.3 Å². The molecule has 7 atom stereocenters. The predicted molar refractivity (Wildman–Crippen MR) is 276 cm³/mol. The lowest BCUT2D eigenvalue weighted by molar-refractivity contribution is -0.302. The molecule has 9 nitrogen and oxygen atoms in total. The zero-order chi connectivity index (χ0) is 48.0. The lowest BCUT2D eigenvalue weighted by Gasteiger charge is -2.40. The summed E-state index contributed by atoms with van der Waals surface area (Å²) in [5, 5.41) is 54.3. The molecule has 1 amide bonds. The highest BCUT2D eigenvalue weighted by Crippen LogP contribution is 2.22. The van der Waals surface area contributed by atoms with Crippen molar-refractivity contribution in [2.24, 2.45) is 0 Å². The van der Waals surface area contributed by atoms with Crippen LogP contribution in [0.2, 0.25) is 0 Å². The molecule has 1 saturated heterocycles. The molecule has 0 bridgehead atoms. The molecular weight excluding hydrogens is 827 g/mol. The summed E-state index contributed by atoms with van der Waals surface area (Å²) in [4.78, 5) is 13.0. The first-order chi connectivity index (χ1) is 32.3. The fourth-order valence-corrected chi connectivity index (χ4v) is 7.19. The van der Waals surface area contributed by atoms with Crippen LogP contribution in [0.4, 0.5) is 0 Å². The predicted octanol–water partition coefficient (Wildman–Crippen LogP) is 12.0. The molecule has 1 aliphatic heterocycles. The number of amides is 1. The van der Waals surface area contributed by atoms with E-state index in [1.807, 2.05) is 6.08 Å². The Labute approximate surface area is 401 Å². The Morgan fingerprint density at radius 2 is 0.955 bits per heavy atom. The summed E-state index contributed by atoms with van der Waals surface area (Å²) in [6, 6.07) is -0.854. The Balaban J connectivity index is 2.36. The van der Waals surface area contributed by atoms with Gasteiger partial charge in [-0.05, 0) is 96.3 Å². The molecule has 1 rings (SSSR count). The number of carbonyl (C=O) groups excluding carboxylic acids is 1. The minimum atomic E-state index is -1.59. The molecule has 1 aliphatic rings. The second-order valence-corrected chi connectivity index (χ2v) is 17.2. The molecule has 0 spiro atoms. The van der Waals surface area contributed by atoms with E-state index in [4.69, 9.17) is 9.47 Å². The number of hydrogen-bond acceptors (Lipinski definition) is 8. The van der Waals surface area contributed by atoms with Crippen LogP contribution in [-0.4, -0.2) is 87.5 Å². The fourth-order valence-electron chi connectivity index (χ4n) is 7.19. The van der Waals surface area contributed by atoms with E-state index in [1.165, 1.54) is 64.2 Å². The fraction of sp³-hybridized carbons (Fsp3) is 0.632. The van der Waals surface area contributed by atoms with Crippen molar-refractivity contribution in [3.63, 3.8) is 0 Å². The summed E-state index contributed by atoms with van der Waals surface area (Å²) in [5.41, 5.74) is 0. The van der Waals surface area contributed by atoms with E-state index >= 15 is 0 Å². The molecule has 1 fully saturated rings. The molecule has 0 aliphatic carbocycles. The molecule has 374 valence electrons. The van der Waals surface area contributed by atoms with Crippen molar-refractivity contribution in [3.05, 3.63) is 122 Å². The number of aliphatic hydroxyl groups excluding tert-OH is 5. The normalized spacial score (nSPS) is 20.9. The minimum absolute atomic E-state index is 0.227. The third kappa shape index (κ3) is 34.8. The van der Waals surface area contributed by atoms with Crippen molar-refractivity contribution >= 4 is 5.91 Å². The lowest BCUT2D eigenvalue weighted by atomic mass is 9.99. The molecule has 0 aromatic heterocycles. The van der Waals surface area contributed by atoms with Gasteiger partial charge in [0.15, 0.2) is 6.29 Å². The number of rotatable bonds is 41. The third-order valence-electron chi connectivity index (χ3n) is 11.3. The van der Waals surface area contributed by atoms with Crippen LogP contribution in [0.1, 0.15) is 174 Å². The highest BCUT2D eigenvalue weighted by molar-refractivity contribution is 5.76. The Morgan fingerprint density at radius 3 is 1.45 bits per heavy atom. The zero-order valence-electron chi connectivity index (χ0n) is 41.1. The minimum Gasteiger partial charge on any atom is -0.394 e. The van der Waals surface area contributed by atoms with Crippen LogP contribution in [0.3, 0.4) is 0 Å². The van der Waals surface area contributed by atoms with Gasteiger partial charge in [0.2, 0.25) is 5.91 Å². The number of hydrogen-bond donors (Lipinski definition) is 6. The Bertz CT molecular complexity index is 1440. The molecule has 9 heteroatoms. The number of allylic oxidation sites excluding steroid dienone is 19. The van der Waals surface area contributed by atoms with Crippen LogP contribution >= 0.6 is 0 Å². The quantitative estimate of drug-likeness (QED) is 0.0262. The highest BCUT2D eigenvalue weighted by Gasteiger charge is 2.44. The first-order valence-electron chi connectivity index (χ1n) is 25.8. The van der Waals surface area contributed by atoms with E-state index in [2.05, 4.69) is 129 Å². The smallest absolute Gasteiger partial charge is 0.220 e. The average molecular weight is 920 g/mol. The van der Waals surface area contributed by atoms with Crippen LogP contribution in [0.25, 0.3) is 0 Å². The molecule has 1 heterocycles. The second kappa shape index (κ2) is 45.4. The molecule has 6 N–H and O–H groups in total. The highest BCUT2D eigenvalue weighted by atomic mass is 16.7. The van der Waals surface area contributed by atoms with E-state index in [0.29, 0.717) is 6.42 Å². The van der Waals surface area contributed by atoms with Gasteiger partial charge in [0.05, 0.1) is 25.4 Å². The van der Waals surface area contributed by atoms with Gasteiger partial charge in [-0.25, -0.2) is 0 Å². The number of ether oxygens (including phenoxy) is 2. The maximum atomic E-state index is 13.0. The SMILES string of the molecule is CC/C=C\C/C=C\C/C=C\C/C=C\C/C=C\C/C=C\C/C=C\C/C=C\CCCCC(=O)NC(COC1OC(CO)C(O)C(O)C1O)C(O)/C=C/CC/C=C/CCCCCCCCCCCC. The van der Waals surface area contributed by atoms with Crippen LogP contribution < -0.4 is 5.32 Å². The Hall–Kier alpha value is -3.41. The van der Waals surface area contributed by atoms with Gasteiger partial charge in [-0.3, -0.25) is 4.79 Å². The summed E-state index contributed by atoms with van der Waals surface area (Å²) < 4.78 is 11.2. The maximum absolute atomic E-state index is 13.0. The Morgan fingerprint density at radius 1 is 0.530 bits per heavy atom. The van der Waals surface area contributed by atoms with Crippen molar-refractivity contribution in [1.29, 1.82) is 0 Å². The van der Waals surface area contributed by atoms with Crippen LogP contribution in [0, 0.1) is 0 Å². The van der Waals surface area contributed by atoms with Crippen LogP contribution in [-0.2, 0) is 14.3 Å². The summed E-state index contributed by atoms with van der Waals surface area (Å²) in [6.45, 7) is 3.60. The molecule has 0 saturated carbocycles. The van der Waals surface area contributed by atoms with Gasteiger partial charge in [-0.2, -0.15) is 0 Å². The standard InChI is InChI=1S/C57H93NO8/c1-3-5-7-9-11-13-15-17-19-21-22-23-24-25-26-27-28-29-30-31-33-35-37-39-41-43-45-47-53(61)58-50(49-65-57-56(64)55(63)54(62)52(48-59)66-57)51(60)46-44-42-40-38-36-34-32-20-18-16-14-12-10-8-6-4-2/h5,7,11,13,17,19,22-23,25-26,28-29,31,33,36-39,44,46,50-52,54-57,59-60,62-64H,3-4,6,8-10,12,14-16,18,20-21,24,27,30,32,34-35,40-43,45,47-49H2,1-2H3,(H,58,61)/b7-5-,13-11-,19-17-,23-22-,26-25-,29-28-,33-31-,38-36+,39-37-,46-44+. The molecule has 0 aromatic carbocycles. The third-order valence-corrected chi connectivity index (χ3v) is 11.3. The van der Waals surface area contributed by atoms with E-state index in [1.54, 1.807) is 6.08 Å². The van der Waals surface area contributed by atoms with E-state index in [-0.39, 0.29) is 18.9 Å². The summed E-state index contributed by atoms with van der Waals surface area (Å²) in [5.74, 6) is -0.235. The van der Waals surface area contributed by atoms with Crippen molar-refractivity contribution in [3.8, 4) is 0 Å². The summed E-state index contributed by atoms with van der Waals surface area (Å²) in [6.07, 6.45) is 61.0. The van der Waals surface area contributed by atoms with Crippen molar-refractivity contribution < 1.29 is 39.8 Å². The summed E-state index contributed by atoms with van der Waals surface area (Å²) >= 11 is 0. The second-order valence-electron chi connectivity index (χ2n) is 17.2. The van der Waals surface area contributed by atoms with Crippen molar-refractivity contribution in [2.45, 2.75) is 217 Å².